The molecule has 160 valence electrons. The van der Waals surface area contributed by atoms with E-state index >= 15 is 0 Å². The van der Waals surface area contributed by atoms with Gasteiger partial charge in [0.2, 0.25) is 0 Å². The number of hydrogen-bond acceptors (Lipinski definition) is 2. The summed E-state index contributed by atoms with van der Waals surface area (Å²) in [7, 11) is 4.02. The van der Waals surface area contributed by atoms with E-state index < -0.39 is 0 Å². The third-order valence-electron chi connectivity index (χ3n) is 6.92. The Kier molecular flexibility index (Phi) is 5.14. The second-order valence-electron chi connectivity index (χ2n) is 8.81. The van der Waals surface area contributed by atoms with Gasteiger partial charge >= 0.3 is 0 Å². The van der Waals surface area contributed by atoms with E-state index in [1.807, 2.05) is 59.6 Å². The molecule has 0 aliphatic heterocycles. The molecule has 1 aliphatic rings. The molecule has 4 heteroatoms. The van der Waals surface area contributed by atoms with Gasteiger partial charge in [0.25, 0.3) is 0 Å². The van der Waals surface area contributed by atoms with Crippen LogP contribution in [0.5, 0.6) is 11.5 Å². The van der Waals surface area contributed by atoms with Gasteiger partial charge in [-0.2, -0.15) is 0 Å². The van der Waals surface area contributed by atoms with Crippen molar-refractivity contribution in [3.05, 3.63) is 120 Å². The average Bonchev–Trinajstić information content (AvgIpc) is 2.78. The SMILES string of the molecule is C[n+]1ccc(C2C(c3ccccc3O)C(c3cc[n+](C)cc3)C2c2ccccc2O)cc1. The van der Waals surface area contributed by atoms with E-state index in [0.717, 1.165) is 11.1 Å². The normalized spacial score (nSPS) is 22.3. The minimum Gasteiger partial charge on any atom is -0.508 e. The molecule has 2 aromatic carbocycles. The molecule has 0 saturated heterocycles. The molecule has 0 amide bonds. The van der Waals surface area contributed by atoms with Crippen molar-refractivity contribution in [2.45, 2.75) is 23.7 Å². The fourth-order valence-corrected chi connectivity index (χ4v) is 5.36. The fraction of sp³-hybridized carbons (Fsp3) is 0.214. The van der Waals surface area contributed by atoms with Gasteiger partial charge in [-0.05, 0) is 46.2 Å². The third kappa shape index (κ3) is 3.42. The van der Waals surface area contributed by atoms with Crippen molar-refractivity contribution < 1.29 is 19.3 Å². The number of para-hydroxylation sites is 2. The average molecular weight is 425 g/mol. The van der Waals surface area contributed by atoms with Crippen LogP contribution in [0.2, 0.25) is 0 Å². The Morgan fingerprint density at radius 3 is 1.19 bits per heavy atom. The number of aromatic nitrogens is 2. The van der Waals surface area contributed by atoms with E-state index in [0.29, 0.717) is 11.5 Å². The van der Waals surface area contributed by atoms with Crippen molar-refractivity contribution in [2.24, 2.45) is 14.1 Å². The topological polar surface area (TPSA) is 48.2 Å². The molecule has 5 rings (SSSR count). The second kappa shape index (κ2) is 8.12. The molecular formula is C28H28N2O2+2. The van der Waals surface area contributed by atoms with E-state index in [1.165, 1.54) is 11.1 Å². The zero-order chi connectivity index (χ0) is 22.2. The minimum absolute atomic E-state index is 0.0845. The van der Waals surface area contributed by atoms with Crippen molar-refractivity contribution in [3.8, 4) is 11.5 Å². The van der Waals surface area contributed by atoms with Crippen molar-refractivity contribution in [3.63, 3.8) is 0 Å². The molecule has 2 aromatic heterocycles. The Labute approximate surface area is 188 Å². The number of aryl methyl sites for hydroxylation is 2. The maximum Gasteiger partial charge on any atom is 0.168 e. The smallest absolute Gasteiger partial charge is 0.168 e. The molecule has 1 saturated carbocycles. The van der Waals surface area contributed by atoms with Gasteiger partial charge in [-0.3, -0.25) is 0 Å². The van der Waals surface area contributed by atoms with Crippen LogP contribution in [-0.2, 0) is 14.1 Å². The van der Waals surface area contributed by atoms with E-state index in [4.69, 9.17) is 0 Å². The summed E-state index contributed by atoms with van der Waals surface area (Å²) in [6.45, 7) is 0. The predicted molar refractivity (Wildman–Crippen MR) is 122 cm³/mol. The van der Waals surface area contributed by atoms with Crippen LogP contribution in [0.3, 0.4) is 0 Å². The number of hydrogen-bond donors (Lipinski definition) is 2. The molecule has 32 heavy (non-hydrogen) atoms. The molecule has 0 spiro atoms. The highest BCUT2D eigenvalue weighted by Crippen LogP contribution is 2.68. The quantitative estimate of drug-likeness (QED) is 0.483. The molecular weight excluding hydrogens is 396 g/mol. The molecule has 2 N–H and O–H groups in total. The van der Waals surface area contributed by atoms with Crippen molar-refractivity contribution in [2.75, 3.05) is 0 Å². The summed E-state index contributed by atoms with van der Waals surface area (Å²) in [6, 6.07) is 24.0. The van der Waals surface area contributed by atoms with Gasteiger partial charge in [0.1, 0.15) is 25.6 Å². The first-order valence-corrected chi connectivity index (χ1v) is 11.0. The summed E-state index contributed by atoms with van der Waals surface area (Å²) in [5, 5.41) is 21.6. The molecule has 1 aliphatic carbocycles. The molecule has 1 fully saturated rings. The van der Waals surface area contributed by atoms with Crippen LogP contribution in [0.25, 0.3) is 0 Å². The molecule has 4 nitrogen and oxygen atoms in total. The Balaban J connectivity index is 1.72. The van der Waals surface area contributed by atoms with Crippen LogP contribution in [0, 0.1) is 0 Å². The highest BCUT2D eigenvalue weighted by atomic mass is 16.3. The van der Waals surface area contributed by atoms with Crippen LogP contribution in [0.15, 0.2) is 97.6 Å². The Hall–Kier alpha value is -3.66. The van der Waals surface area contributed by atoms with Gasteiger partial charge in [-0.1, -0.05) is 36.4 Å². The zero-order valence-corrected chi connectivity index (χ0v) is 18.3. The number of phenols is 2. The number of phenolic OH excluding ortho intramolecular Hbond substituents is 2. The summed E-state index contributed by atoms with van der Waals surface area (Å²) in [5.74, 6) is 1.06. The lowest BCUT2D eigenvalue weighted by molar-refractivity contribution is -0.671. The van der Waals surface area contributed by atoms with E-state index in [2.05, 4.69) is 49.1 Å². The lowest BCUT2D eigenvalue weighted by atomic mass is 9.49. The molecule has 4 aromatic rings. The first kappa shape index (κ1) is 20.3. The van der Waals surface area contributed by atoms with E-state index in [9.17, 15) is 10.2 Å². The molecule has 0 atom stereocenters. The molecule has 0 radical (unpaired) electrons. The summed E-state index contributed by atoms with van der Waals surface area (Å²) in [5.41, 5.74) is 4.33. The summed E-state index contributed by atoms with van der Waals surface area (Å²) >= 11 is 0. The van der Waals surface area contributed by atoms with Crippen LogP contribution in [0.4, 0.5) is 0 Å². The Morgan fingerprint density at radius 1 is 0.500 bits per heavy atom. The predicted octanol–water partition coefficient (Wildman–Crippen LogP) is 4.20. The van der Waals surface area contributed by atoms with Crippen LogP contribution < -0.4 is 9.13 Å². The Bertz CT molecular complexity index is 1130. The summed E-state index contributed by atoms with van der Waals surface area (Å²) in [4.78, 5) is 0. The maximum atomic E-state index is 10.8. The highest BCUT2D eigenvalue weighted by Gasteiger charge is 2.54. The van der Waals surface area contributed by atoms with E-state index in [-0.39, 0.29) is 23.7 Å². The van der Waals surface area contributed by atoms with Gasteiger partial charge in [0.05, 0.1) is 0 Å². The minimum atomic E-state index is 0.0845. The summed E-state index contributed by atoms with van der Waals surface area (Å²) < 4.78 is 4.06. The number of nitrogens with zero attached hydrogens (tertiary/aromatic N) is 2. The largest absolute Gasteiger partial charge is 0.508 e. The standard InChI is InChI=1S/C28H26N2O2/c1-29-15-11-19(12-16-29)25-27(21-7-3-5-9-23(21)31)26(20-13-17-30(2)18-14-20)28(25)22-8-4-6-10-24(22)32/h3-18,25-28H,1-2H3/p+2. The first-order chi connectivity index (χ1) is 15.5. The number of aromatic hydroxyl groups is 2. The van der Waals surface area contributed by atoms with Crippen LogP contribution in [0.1, 0.15) is 45.9 Å². The lowest BCUT2D eigenvalue weighted by Gasteiger charge is -2.53. The lowest BCUT2D eigenvalue weighted by Crippen LogP contribution is -2.41. The molecule has 0 unspecified atom stereocenters. The van der Waals surface area contributed by atoms with E-state index in [1.54, 1.807) is 12.1 Å². The van der Waals surface area contributed by atoms with Gasteiger partial charge in [-0.25, -0.2) is 9.13 Å². The van der Waals surface area contributed by atoms with Gasteiger partial charge < -0.3 is 10.2 Å². The van der Waals surface area contributed by atoms with Gasteiger partial charge in [-0.15, -0.1) is 0 Å². The number of pyridine rings is 2. The fourth-order valence-electron chi connectivity index (χ4n) is 5.36. The van der Waals surface area contributed by atoms with Gasteiger partial charge in [0, 0.05) is 36.1 Å². The maximum absolute atomic E-state index is 10.8. The Morgan fingerprint density at radius 2 is 0.844 bits per heavy atom. The molecule has 2 heterocycles. The number of benzene rings is 2. The number of rotatable bonds is 4. The van der Waals surface area contributed by atoms with Gasteiger partial charge in [0.15, 0.2) is 24.8 Å². The van der Waals surface area contributed by atoms with Crippen molar-refractivity contribution in [1.29, 1.82) is 0 Å². The monoisotopic (exact) mass is 424 g/mol. The van der Waals surface area contributed by atoms with Crippen molar-refractivity contribution in [1.82, 2.24) is 0 Å². The van der Waals surface area contributed by atoms with Crippen LogP contribution in [-0.4, -0.2) is 10.2 Å². The zero-order valence-electron chi connectivity index (χ0n) is 18.3. The van der Waals surface area contributed by atoms with Crippen LogP contribution >= 0.6 is 0 Å². The third-order valence-corrected chi connectivity index (χ3v) is 6.92. The first-order valence-electron chi connectivity index (χ1n) is 11.0. The second-order valence-corrected chi connectivity index (χ2v) is 8.81. The highest BCUT2D eigenvalue weighted by molar-refractivity contribution is 5.52. The van der Waals surface area contributed by atoms with Crippen molar-refractivity contribution >= 4 is 0 Å². The summed E-state index contributed by atoms with van der Waals surface area (Å²) in [6.07, 6.45) is 8.26. The molecule has 0 bridgehead atoms.